The molecule has 1 rings (SSSR count). The van der Waals surface area contributed by atoms with Crippen molar-refractivity contribution in [3.05, 3.63) is 36.1 Å². The molecule has 0 radical (unpaired) electrons. The Morgan fingerprint density at radius 1 is 0.900 bits per heavy atom. The number of benzene rings is 1. The number of hydrogen-bond acceptors (Lipinski definition) is 0. The summed E-state index contributed by atoms with van der Waals surface area (Å²) in [6, 6.07) is 9.10. The molecule has 0 saturated heterocycles. The van der Waals surface area contributed by atoms with Crippen LogP contribution in [0.4, 0.5) is 5.69 Å². The molecule has 10 heavy (non-hydrogen) atoms. The van der Waals surface area contributed by atoms with Gasteiger partial charge in [0.05, 0.1) is 0 Å². The average Bonchev–Trinajstić information content (AvgIpc) is 1.69. The topological polar surface area (TPSA) is 86.8 Å². The second-order valence-electron chi connectivity index (χ2n) is 1.37. The van der Waals surface area contributed by atoms with E-state index in [2.05, 4.69) is 0 Å². The maximum absolute atomic E-state index is 7.00. The molecule has 0 spiro atoms. The Hall–Kier alpha value is -0.0600. The molecule has 0 bridgehead atoms. The van der Waals surface area contributed by atoms with Crippen molar-refractivity contribution in [1.82, 2.24) is 0 Å². The first-order valence-corrected chi connectivity index (χ1v) is 2.16. The Balaban J connectivity index is -0.000000163. The largest absolute Gasteiger partial charge is 1.00 e. The van der Waals surface area contributed by atoms with Gasteiger partial charge in [0.25, 0.3) is 0 Å². The second kappa shape index (κ2) is 8.94. The van der Waals surface area contributed by atoms with Crippen molar-refractivity contribution < 1.29 is 40.5 Å². The summed E-state index contributed by atoms with van der Waals surface area (Å²) in [6.45, 7) is 0. The molecule has 52 valence electrons. The summed E-state index contributed by atoms with van der Waals surface area (Å²) in [5.74, 6) is 0. The van der Waals surface area contributed by atoms with Crippen LogP contribution in [-0.4, -0.2) is 11.0 Å². The predicted octanol–water partition coefficient (Wildman–Crippen LogP) is -2.28. The van der Waals surface area contributed by atoms with Crippen LogP contribution in [-0.2, 0) is 0 Å². The minimum Gasteiger partial charge on any atom is -0.699 e. The van der Waals surface area contributed by atoms with Crippen LogP contribution in [0.25, 0.3) is 5.73 Å². The van der Waals surface area contributed by atoms with Gasteiger partial charge in [0.15, 0.2) is 0 Å². The van der Waals surface area contributed by atoms with Crippen LogP contribution in [0.15, 0.2) is 30.3 Å². The van der Waals surface area contributed by atoms with E-state index in [0.717, 1.165) is 0 Å². The van der Waals surface area contributed by atoms with E-state index in [1.807, 2.05) is 18.2 Å². The fourth-order valence-electron chi connectivity index (χ4n) is 0.438. The minimum atomic E-state index is 0. The first kappa shape index (κ1) is 16.5. The first-order valence-electron chi connectivity index (χ1n) is 2.16. The molecule has 0 aliphatic rings. The molecular formula is C6H10NNaO2. The van der Waals surface area contributed by atoms with Crippen molar-refractivity contribution in [3.8, 4) is 0 Å². The fraction of sp³-hybridized carbons (Fsp3) is 0. The van der Waals surface area contributed by atoms with Crippen LogP contribution in [0.3, 0.4) is 0 Å². The molecule has 0 aliphatic carbocycles. The summed E-state index contributed by atoms with van der Waals surface area (Å²) in [6.07, 6.45) is 0. The van der Waals surface area contributed by atoms with E-state index in [4.69, 9.17) is 5.73 Å². The van der Waals surface area contributed by atoms with E-state index < -0.39 is 0 Å². The van der Waals surface area contributed by atoms with E-state index in [0.29, 0.717) is 5.69 Å². The zero-order valence-corrected chi connectivity index (χ0v) is 7.89. The maximum Gasteiger partial charge on any atom is 1.00 e. The molecule has 4 heteroatoms. The SMILES string of the molecule is O.O.[NH-]c1ccccc1.[Na+]. The van der Waals surface area contributed by atoms with E-state index >= 15 is 0 Å². The minimum absolute atomic E-state index is 0. The third kappa shape index (κ3) is 6.07. The Bertz CT molecular complexity index is 146. The van der Waals surface area contributed by atoms with E-state index in [1.54, 1.807) is 12.1 Å². The summed E-state index contributed by atoms with van der Waals surface area (Å²) < 4.78 is 0. The quantitative estimate of drug-likeness (QED) is 0.374. The predicted molar refractivity (Wildman–Crippen MR) is 37.7 cm³/mol. The maximum atomic E-state index is 7.00. The van der Waals surface area contributed by atoms with Crippen molar-refractivity contribution >= 4 is 5.69 Å². The molecule has 1 aromatic rings. The van der Waals surface area contributed by atoms with Crippen LogP contribution in [0.1, 0.15) is 0 Å². The van der Waals surface area contributed by atoms with E-state index in [9.17, 15) is 0 Å². The van der Waals surface area contributed by atoms with Crippen LogP contribution in [0.2, 0.25) is 0 Å². The van der Waals surface area contributed by atoms with Gasteiger partial charge in [0, 0.05) is 0 Å². The third-order valence-corrected chi connectivity index (χ3v) is 0.774. The fourth-order valence-corrected chi connectivity index (χ4v) is 0.438. The van der Waals surface area contributed by atoms with Gasteiger partial charge in [-0.3, -0.25) is 0 Å². The molecule has 5 N–H and O–H groups in total. The van der Waals surface area contributed by atoms with Gasteiger partial charge < -0.3 is 16.7 Å². The first-order chi connectivity index (χ1) is 3.39. The average molecular weight is 151 g/mol. The standard InChI is InChI=1S/C6H6N.Na.2H2O/c7-6-4-2-1-3-5-6;;;/h1-5,7H;;2*1H2/q-1;+1;;. The van der Waals surface area contributed by atoms with Gasteiger partial charge in [-0.05, 0) is 0 Å². The van der Waals surface area contributed by atoms with Crippen molar-refractivity contribution in [3.63, 3.8) is 0 Å². The summed E-state index contributed by atoms with van der Waals surface area (Å²) in [7, 11) is 0. The number of hydrogen-bond donors (Lipinski definition) is 0. The smallest absolute Gasteiger partial charge is 0.699 e. The molecule has 0 fully saturated rings. The van der Waals surface area contributed by atoms with Gasteiger partial charge in [-0.2, -0.15) is 0 Å². The van der Waals surface area contributed by atoms with E-state index in [1.165, 1.54) is 0 Å². The molecule has 0 amide bonds. The summed E-state index contributed by atoms with van der Waals surface area (Å²) in [5.41, 5.74) is 7.57. The number of rotatable bonds is 0. The van der Waals surface area contributed by atoms with Crippen LogP contribution in [0.5, 0.6) is 0 Å². The van der Waals surface area contributed by atoms with E-state index in [-0.39, 0.29) is 40.5 Å². The van der Waals surface area contributed by atoms with Gasteiger partial charge in [0.2, 0.25) is 0 Å². The summed E-state index contributed by atoms with van der Waals surface area (Å²) in [5, 5.41) is 0. The van der Waals surface area contributed by atoms with Gasteiger partial charge in [-0.15, -0.1) is 5.69 Å². The molecule has 0 saturated carbocycles. The Kier molecular flexibility index (Phi) is 14.7. The Labute approximate surface area is 82.1 Å². The van der Waals surface area contributed by atoms with Crippen molar-refractivity contribution in [1.29, 1.82) is 0 Å². The van der Waals surface area contributed by atoms with Crippen LogP contribution < -0.4 is 29.6 Å². The molecule has 0 unspecified atom stereocenters. The van der Waals surface area contributed by atoms with Crippen molar-refractivity contribution in [2.24, 2.45) is 0 Å². The Morgan fingerprint density at radius 3 is 1.50 bits per heavy atom. The summed E-state index contributed by atoms with van der Waals surface area (Å²) >= 11 is 0. The van der Waals surface area contributed by atoms with Crippen molar-refractivity contribution in [2.45, 2.75) is 0 Å². The molecule has 0 aliphatic heterocycles. The van der Waals surface area contributed by atoms with Gasteiger partial charge >= 0.3 is 29.6 Å². The van der Waals surface area contributed by atoms with Gasteiger partial charge in [0.1, 0.15) is 0 Å². The van der Waals surface area contributed by atoms with Crippen molar-refractivity contribution in [2.75, 3.05) is 0 Å². The zero-order valence-electron chi connectivity index (χ0n) is 5.89. The molecule has 3 nitrogen and oxygen atoms in total. The Morgan fingerprint density at radius 2 is 1.30 bits per heavy atom. The molecule has 1 aromatic carbocycles. The monoisotopic (exact) mass is 151 g/mol. The summed E-state index contributed by atoms with van der Waals surface area (Å²) in [4.78, 5) is 0. The third-order valence-electron chi connectivity index (χ3n) is 0.774. The molecule has 0 heterocycles. The number of nitrogens with one attached hydrogen (secondary N) is 1. The zero-order chi connectivity index (χ0) is 5.11. The molecule has 0 aromatic heterocycles. The van der Waals surface area contributed by atoms with Crippen LogP contribution >= 0.6 is 0 Å². The molecule has 0 atom stereocenters. The van der Waals surface area contributed by atoms with Gasteiger partial charge in [-0.1, -0.05) is 30.3 Å². The molecular weight excluding hydrogens is 141 g/mol. The normalized spacial score (nSPS) is 6.00. The van der Waals surface area contributed by atoms with Gasteiger partial charge in [-0.25, -0.2) is 0 Å². The van der Waals surface area contributed by atoms with Crippen LogP contribution in [0, 0.1) is 0 Å². The second-order valence-corrected chi connectivity index (χ2v) is 1.37.